The highest BCUT2D eigenvalue weighted by Gasteiger charge is 2.52. The van der Waals surface area contributed by atoms with E-state index in [0.29, 0.717) is 13.2 Å². The average Bonchev–Trinajstić information content (AvgIpc) is 2.73. The van der Waals surface area contributed by atoms with Crippen molar-refractivity contribution in [1.29, 1.82) is 0 Å². The van der Waals surface area contributed by atoms with E-state index < -0.39 is 11.0 Å². The molecular formula is C11H21NO3. The van der Waals surface area contributed by atoms with Crippen LogP contribution in [0.5, 0.6) is 0 Å². The Hall–Kier alpha value is -0.160. The Kier molecular flexibility index (Phi) is 3.03. The van der Waals surface area contributed by atoms with E-state index in [1.54, 1.807) is 0 Å². The van der Waals surface area contributed by atoms with E-state index in [2.05, 4.69) is 11.9 Å². The van der Waals surface area contributed by atoms with Crippen LogP contribution in [0.25, 0.3) is 0 Å². The second-order valence-electron chi connectivity index (χ2n) is 5.08. The lowest BCUT2D eigenvalue weighted by Crippen LogP contribution is -2.56. The van der Waals surface area contributed by atoms with Gasteiger partial charge in [0, 0.05) is 25.1 Å². The van der Waals surface area contributed by atoms with Crippen LogP contribution in [0.2, 0.25) is 0 Å². The molecule has 1 atom stereocenters. The van der Waals surface area contributed by atoms with Crippen molar-refractivity contribution in [3.05, 3.63) is 0 Å². The number of hydrogen-bond donors (Lipinski definition) is 2. The number of nitrogens with zero attached hydrogens (tertiary/aromatic N) is 1. The van der Waals surface area contributed by atoms with Crippen molar-refractivity contribution in [2.24, 2.45) is 5.41 Å². The van der Waals surface area contributed by atoms with Crippen molar-refractivity contribution >= 4 is 0 Å². The molecule has 0 aromatic heterocycles. The SMILES string of the molecule is CN1CCC(O)(C2(CO)CCOC2)CC1. The summed E-state index contributed by atoms with van der Waals surface area (Å²) in [7, 11) is 2.07. The molecule has 2 rings (SSSR count). The van der Waals surface area contributed by atoms with Crippen molar-refractivity contribution < 1.29 is 14.9 Å². The maximum absolute atomic E-state index is 10.7. The van der Waals surface area contributed by atoms with E-state index in [1.807, 2.05) is 0 Å². The smallest absolute Gasteiger partial charge is 0.0773 e. The quantitative estimate of drug-likeness (QED) is 0.672. The zero-order valence-corrected chi connectivity index (χ0v) is 9.41. The molecular weight excluding hydrogens is 194 g/mol. The Morgan fingerprint density at radius 1 is 1.27 bits per heavy atom. The number of likely N-dealkylation sites (tertiary alicyclic amines) is 1. The fourth-order valence-electron chi connectivity index (χ4n) is 2.76. The van der Waals surface area contributed by atoms with E-state index in [4.69, 9.17) is 4.74 Å². The molecule has 0 aliphatic carbocycles. The van der Waals surface area contributed by atoms with Gasteiger partial charge < -0.3 is 19.8 Å². The molecule has 2 N–H and O–H groups in total. The van der Waals surface area contributed by atoms with Crippen molar-refractivity contribution in [2.75, 3.05) is 40.0 Å². The largest absolute Gasteiger partial charge is 0.396 e. The first-order valence-electron chi connectivity index (χ1n) is 5.71. The van der Waals surface area contributed by atoms with E-state index in [9.17, 15) is 10.2 Å². The summed E-state index contributed by atoms with van der Waals surface area (Å²) in [6, 6.07) is 0. The zero-order valence-electron chi connectivity index (χ0n) is 9.41. The van der Waals surface area contributed by atoms with Crippen molar-refractivity contribution in [3.63, 3.8) is 0 Å². The van der Waals surface area contributed by atoms with Crippen LogP contribution >= 0.6 is 0 Å². The topological polar surface area (TPSA) is 52.9 Å². The van der Waals surface area contributed by atoms with Crippen LogP contribution in [-0.2, 0) is 4.74 Å². The van der Waals surface area contributed by atoms with Crippen molar-refractivity contribution in [2.45, 2.75) is 24.9 Å². The predicted molar refractivity (Wildman–Crippen MR) is 56.6 cm³/mol. The van der Waals surface area contributed by atoms with Crippen LogP contribution in [0.1, 0.15) is 19.3 Å². The first kappa shape index (κ1) is 11.3. The number of hydrogen-bond acceptors (Lipinski definition) is 4. The normalized spacial score (nSPS) is 37.0. The molecule has 0 aromatic rings. The maximum Gasteiger partial charge on any atom is 0.0773 e. The number of aliphatic hydroxyl groups is 2. The van der Waals surface area contributed by atoms with Gasteiger partial charge in [0.05, 0.1) is 18.8 Å². The standard InChI is InChI=1S/C11H21NO3/c1-12-5-2-11(14,3-6-12)10(8-13)4-7-15-9-10/h13-14H,2-9H2,1H3. The fourth-order valence-corrected chi connectivity index (χ4v) is 2.76. The second-order valence-corrected chi connectivity index (χ2v) is 5.08. The van der Waals surface area contributed by atoms with E-state index in [1.165, 1.54) is 0 Å². The number of piperidine rings is 1. The summed E-state index contributed by atoms with van der Waals surface area (Å²) in [5.74, 6) is 0. The van der Waals surface area contributed by atoms with Gasteiger partial charge in [0.25, 0.3) is 0 Å². The van der Waals surface area contributed by atoms with Crippen LogP contribution in [-0.4, -0.2) is 60.7 Å². The Labute approximate surface area is 90.8 Å². The second kappa shape index (κ2) is 4.01. The van der Waals surface area contributed by atoms with Gasteiger partial charge in [-0.3, -0.25) is 0 Å². The van der Waals surface area contributed by atoms with Crippen LogP contribution in [0.4, 0.5) is 0 Å². The molecule has 2 fully saturated rings. The van der Waals surface area contributed by atoms with E-state index in [0.717, 1.165) is 32.4 Å². The molecule has 2 saturated heterocycles. The molecule has 2 aliphatic heterocycles. The molecule has 4 nitrogen and oxygen atoms in total. The number of aliphatic hydroxyl groups excluding tert-OH is 1. The summed E-state index contributed by atoms with van der Waals surface area (Å²) in [6.45, 7) is 3.01. The van der Waals surface area contributed by atoms with Crippen molar-refractivity contribution in [1.82, 2.24) is 4.90 Å². The van der Waals surface area contributed by atoms with Crippen LogP contribution < -0.4 is 0 Å². The Morgan fingerprint density at radius 2 is 1.93 bits per heavy atom. The average molecular weight is 215 g/mol. The Balaban J connectivity index is 2.12. The lowest BCUT2D eigenvalue weighted by Gasteiger charge is -2.47. The predicted octanol–water partition coefficient (Wildman–Crippen LogP) is -0.158. The summed E-state index contributed by atoms with van der Waals surface area (Å²) in [4.78, 5) is 2.22. The fraction of sp³-hybridized carbons (Fsp3) is 1.00. The van der Waals surface area contributed by atoms with Gasteiger partial charge in [-0.25, -0.2) is 0 Å². The summed E-state index contributed by atoms with van der Waals surface area (Å²) in [5, 5.41) is 20.2. The summed E-state index contributed by atoms with van der Waals surface area (Å²) >= 11 is 0. The lowest BCUT2D eigenvalue weighted by atomic mass is 9.67. The molecule has 0 saturated carbocycles. The van der Waals surface area contributed by atoms with Gasteiger partial charge in [-0.15, -0.1) is 0 Å². The molecule has 88 valence electrons. The highest BCUT2D eigenvalue weighted by molar-refractivity contribution is 5.03. The van der Waals surface area contributed by atoms with Gasteiger partial charge in [-0.05, 0) is 26.3 Å². The Morgan fingerprint density at radius 3 is 2.40 bits per heavy atom. The molecule has 1 unspecified atom stereocenters. The van der Waals surface area contributed by atoms with E-state index >= 15 is 0 Å². The van der Waals surface area contributed by atoms with Crippen LogP contribution in [0, 0.1) is 5.41 Å². The van der Waals surface area contributed by atoms with Gasteiger partial charge in [-0.2, -0.15) is 0 Å². The Bertz CT molecular complexity index is 218. The third-order valence-corrected chi connectivity index (χ3v) is 4.21. The summed E-state index contributed by atoms with van der Waals surface area (Å²) in [5.41, 5.74) is -1.14. The van der Waals surface area contributed by atoms with Gasteiger partial charge in [0.2, 0.25) is 0 Å². The summed E-state index contributed by atoms with van der Waals surface area (Å²) < 4.78 is 5.36. The third kappa shape index (κ3) is 1.80. The van der Waals surface area contributed by atoms with Gasteiger partial charge in [0.1, 0.15) is 0 Å². The molecule has 0 amide bonds. The molecule has 4 heteroatoms. The lowest BCUT2D eigenvalue weighted by molar-refractivity contribution is -0.138. The minimum absolute atomic E-state index is 0.0349. The van der Waals surface area contributed by atoms with Gasteiger partial charge in [0.15, 0.2) is 0 Å². The minimum atomic E-state index is -0.731. The molecule has 15 heavy (non-hydrogen) atoms. The molecule has 0 aromatic carbocycles. The monoisotopic (exact) mass is 215 g/mol. The molecule has 2 heterocycles. The highest BCUT2D eigenvalue weighted by Crippen LogP contribution is 2.44. The zero-order chi connectivity index (χ0) is 10.9. The first-order chi connectivity index (χ1) is 7.12. The van der Waals surface area contributed by atoms with E-state index in [-0.39, 0.29) is 6.61 Å². The first-order valence-corrected chi connectivity index (χ1v) is 5.71. The van der Waals surface area contributed by atoms with Crippen LogP contribution in [0.3, 0.4) is 0 Å². The van der Waals surface area contributed by atoms with Gasteiger partial charge >= 0.3 is 0 Å². The number of rotatable bonds is 2. The maximum atomic E-state index is 10.7. The third-order valence-electron chi connectivity index (χ3n) is 4.21. The molecule has 0 bridgehead atoms. The van der Waals surface area contributed by atoms with Crippen LogP contribution in [0.15, 0.2) is 0 Å². The number of ether oxygens (including phenoxy) is 1. The summed E-state index contributed by atoms with van der Waals surface area (Å²) in [6.07, 6.45) is 2.27. The molecule has 0 spiro atoms. The highest BCUT2D eigenvalue weighted by atomic mass is 16.5. The minimum Gasteiger partial charge on any atom is -0.396 e. The molecule has 0 radical (unpaired) electrons. The molecule has 2 aliphatic rings. The van der Waals surface area contributed by atoms with Gasteiger partial charge in [-0.1, -0.05) is 0 Å². The van der Waals surface area contributed by atoms with Crippen molar-refractivity contribution in [3.8, 4) is 0 Å².